The van der Waals surface area contributed by atoms with Crippen LogP contribution >= 0.6 is 11.6 Å². The van der Waals surface area contributed by atoms with Crippen molar-refractivity contribution in [2.75, 3.05) is 0 Å². The van der Waals surface area contributed by atoms with E-state index in [1.165, 1.54) is 0 Å². The molecule has 0 aliphatic heterocycles. The average molecular weight is 310 g/mol. The Labute approximate surface area is 131 Å². The molecule has 0 fully saturated rings. The highest BCUT2D eigenvalue weighted by Gasteiger charge is 2.19. The maximum atomic E-state index is 12.9. The largest absolute Gasteiger partial charge is 0.272 e. The van der Waals surface area contributed by atoms with Gasteiger partial charge in [0.2, 0.25) is 0 Å². The van der Waals surface area contributed by atoms with Gasteiger partial charge in [-0.25, -0.2) is 0 Å². The Balaban J connectivity index is 2.04. The number of carbonyl (C=O) groups excluding carboxylic acids is 1. The number of carbonyl (C=O) groups is 1. The van der Waals surface area contributed by atoms with E-state index in [9.17, 15) is 4.79 Å². The lowest BCUT2D eigenvalue weighted by Gasteiger charge is -2.05. The lowest BCUT2D eigenvalue weighted by atomic mass is 10.2. The van der Waals surface area contributed by atoms with Crippen molar-refractivity contribution in [3.63, 3.8) is 0 Å². The summed E-state index contributed by atoms with van der Waals surface area (Å²) in [5.41, 5.74) is 3.24. The molecule has 0 aliphatic carbocycles. The first-order valence-corrected chi connectivity index (χ1v) is 7.26. The van der Waals surface area contributed by atoms with Gasteiger partial charge in [0.1, 0.15) is 0 Å². The van der Waals surface area contributed by atoms with E-state index in [4.69, 9.17) is 11.6 Å². The third-order valence-electron chi connectivity index (χ3n) is 3.85. The summed E-state index contributed by atoms with van der Waals surface area (Å²) in [6, 6.07) is 14.8. The predicted molar refractivity (Wildman–Crippen MR) is 87.4 cm³/mol. The number of fused-ring (bicyclic) bond motifs is 3. The third-order valence-corrected chi connectivity index (χ3v) is 4.11. The first kappa shape index (κ1) is 13.1. The van der Waals surface area contributed by atoms with Crippen LogP contribution in [0.4, 0.5) is 0 Å². The molecular formula is C17H12ClN3O. The first-order valence-electron chi connectivity index (χ1n) is 6.88. The van der Waals surface area contributed by atoms with Crippen LogP contribution in [-0.2, 0) is 7.05 Å². The number of hydrogen-bond acceptors (Lipinski definition) is 2. The maximum Gasteiger partial charge on any atom is 0.262 e. The smallest absolute Gasteiger partial charge is 0.262 e. The standard InChI is InChI=1S/C17H12ClN3O/c1-20-16-13-4-2-3-5-14(13)21(15(16)10-19-20)17(22)11-6-8-12(18)9-7-11/h2-10H,1H3. The second-order valence-electron chi connectivity index (χ2n) is 5.17. The minimum atomic E-state index is -0.0872. The molecule has 0 saturated heterocycles. The van der Waals surface area contributed by atoms with Crippen LogP contribution in [0.5, 0.6) is 0 Å². The van der Waals surface area contributed by atoms with Crippen LogP contribution in [0.25, 0.3) is 21.9 Å². The second kappa shape index (κ2) is 4.71. The number of aromatic nitrogens is 3. The molecule has 0 saturated carbocycles. The zero-order valence-electron chi connectivity index (χ0n) is 11.8. The fourth-order valence-electron chi connectivity index (χ4n) is 2.84. The van der Waals surface area contributed by atoms with Crippen molar-refractivity contribution in [3.8, 4) is 0 Å². The number of para-hydroxylation sites is 1. The molecule has 0 spiro atoms. The molecule has 108 valence electrons. The first-order chi connectivity index (χ1) is 10.7. The van der Waals surface area contributed by atoms with E-state index < -0.39 is 0 Å². The van der Waals surface area contributed by atoms with Crippen molar-refractivity contribution >= 4 is 39.4 Å². The van der Waals surface area contributed by atoms with Crippen LogP contribution in [0.15, 0.2) is 54.7 Å². The van der Waals surface area contributed by atoms with E-state index >= 15 is 0 Å². The molecule has 0 amide bonds. The van der Waals surface area contributed by atoms with Gasteiger partial charge in [-0.2, -0.15) is 5.10 Å². The molecule has 0 N–H and O–H groups in total. The fourth-order valence-corrected chi connectivity index (χ4v) is 2.97. The van der Waals surface area contributed by atoms with Crippen LogP contribution in [-0.4, -0.2) is 20.3 Å². The summed E-state index contributed by atoms with van der Waals surface area (Å²) in [5, 5.41) is 5.90. The molecule has 5 heteroatoms. The normalized spacial score (nSPS) is 11.4. The number of hydrogen-bond donors (Lipinski definition) is 0. The number of aryl methyl sites for hydroxylation is 1. The second-order valence-corrected chi connectivity index (χ2v) is 5.60. The average Bonchev–Trinajstić information content (AvgIpc) is 3.06. The Morgan fingerprint density at radius 3 is 2.55 bits per heavy atom. The van der Waals surface area contributed by atoms with Gasteiger partial charge in [-0.1, -0.05) is 29.8 Å². The van der Waals surface area contributed by atoms with Gasteiger partial charge in [-0.15, -0.1) is 0 Å². The van der Waals surface area contributed by atoms with Gasteiger partial charge in [-0.05, 0) is 30.3 Å². The topological polar surface area (TPSA) is 39.8 Å². The van der Waals surface area contributed by atoms with Crippen molar-refractivity contribution in [3.05, 3.63) is 65.3 Å². The SMILES string of the molecule is Cn1ncc2c1c1ccccc1n2C(=O)c1ccc(Cl)cc1. The monoisotopic (exact) mass is 309 g/mol. The molecule has 22 heavy (non-hydrogen) atoms. The third kappa shape index (κ3) is 1.77. The Kier molecular flexibility index (Phi) is 2.81. The van der Waals surface area contributed by atoms with Crippen molar-refractivity contribution < 1.29 is 4.79 Å². The lowest BCUT2D eigenvalue weighted by Crippen LogP contribution is -2.11. The van der Waals surface area contributed by atoms with Crippen molar-refractivity contribution in [2.45, 2.75) is 0 Å². The van der Waals surface area contributed by atoms with E-state index in [1.54, 1.807) is 39.7 Å². The molecule has 4 aromatic rings. The van der Waals surface area contributed by atoms with Crippen molar-refractivity contribution in [1.82, 2.24) is 14.3 Å². The van der Waals surface area contributed by atoms with E-state index in [0.717, 1.165) is 21.9 Å². The molecule has 2 heterocycles. The summed E-state index contributed by atoms with van der Waals surface area (Å²) in [7, 11) is 1.88. The highest BCUT2D eigenvalue weighted by molar-refractivity contribution is 6.30. The number of benzene rings is 2. The Morgan fingerprint density at radius 2 is 1.77 bits per heavy atom. The van der Waals surface area contributed by atoms with Gasteiger partial charge in [-0.3, -0.25) is 14.0 Å². The molecular weight excluding hydrogens is 298 g/mol. The van der Waals surface area contributed by atoms with Crippen molar-refractivity contribution in [1.29, 1.82) is 0 Å². The quantitative estimate of drug-likeness (QED) is 0.535. The molecule has 0 bridgehead atoms. The molecule has 0 aliphatic rings. The van der Waals surface area contributed by atoms with Crippen LogP contribution in [0, 0.1) is 0 Å². The minimum absolute atomic E-state index is 0.0872. The Morgan fingerprint density at radius 1 is 1.05 bits per heavy atom. The number of rotatable bonds is 1. The summed E-state index contributed by atoms with van der Waals surface area (Å²) in [6.45, 7) is 0. The maximum absolute atomic E-state index is 12.9. The van der Waals surface area contributed by atoms with Gasteiger partial charge >= 0.3 is 0 Å². The van der Waals surface area contributed by atoms with Gasteiger partial charge in [0, 0.05) is 23.0 Å². The molecule has 4 nitrogen and oxygen atoms in total. The predicted octanol–water partition coefficient (Wildman–Crippen LogP) is 3.87. The summed E-state index contributed by atoms with van der Waals surface area (Å²) in [4.78, 5) is 12.9. The van der Waals surface area contributed by atoms with E-state index in [1.807, 2.05) is 31.3 Å². The van der Waals surface area contributed by atoms with Gasteiger partial charge < -0.3 is 0 Å². The van der Waals surface area contributed by atoms with Crippen LogP contribution in [0.2, 0.25) is 5.02 Å². The lowest BCUT2D eigenvalue weighted by molar-refractivity contribution is 0.0969. The van der Waals surface area contributed by atoms with E-state index in [2.05, 4.69) is 5.10 Å². The fraction of sp³-hybridized carbons (Fsp3) is 0.0588. The summed E-state index contributed by atoms with van der Waals surface area (Å²) in [5.74, 6) is -0.0872. The minimum Gasteiger partial charge on any atom is -0.272 e. The van der Waals surface area contributed by atoms with E-state index in [0.29, 0.717) is 10.6 Å². The van der Waals surface area contributed by atoms with Crippen LogP contribution in [0.3, 0.4) is 0 Å². The van der Waals surface area contributed by atoms with Crippen LogP contribution < -0.4 is 0 Å². The highest BCUT2D eigenvalue weighted by Crippen LogP contribution is 2.29. The number of nitrogens with zero attached hydrogens (tertiary/aromatic N) is 3. The van der Waals surface area contributed by atoms with Gasteiger partial charge in [0.25, 0.3) is 5.91 Å². The van der Waals surface area contributed by atoms with Crippen LogP contribution in [0.1, 0.15) is 10.4 Å². The Hall–Kier alpha value is -2.59. The molecule has 2 aromatic heterocycles. The molecule has 0 radical (unpaired) electrons. The highest BCUT2D eigenvalue weighted by atomic mass is 35.5. The summed E-state index contributed by atoms with van der Waals surface area (Å²) >= 11 is 5.90. The molecule has 0 atom stereocenters. The van der Waals surface area contributed by atoms with E-state index in [-0.39, 0.29) is 5.91 Å². The number of halogens is 1. The molecule has 0 unspecified atom stereocenters. The Bertz CT molecular complexity index is 1010. The zero-order chi connectivity index (χ0) is 15.3. The van der Waals surface area contributed by atoms with Gasteiger partial charge in [0.15, 0.2) is 0 Å². The molecule has 4 rings (SSSR count). The zero-order valence-corrected chi connectivity index (χ0v) is 12.6. The van der Waals surface area contributed by atoms with Crippen molar-refractivity contribution in [2.24, 2.45) is 7.05 Å². The summed E-state index contributed by atoms with van der Waals surface area (Å²) < 4.78 is 3.50. The summed E-state index contributed by atoms with van der Waals surface area (Å²) in [6.07, 6.45) is 1.73. The molecule has 2 aromatic carbocycles. The van der Waals surface area contributed by atoms with Gasteiger partial charge in [0.05, 0.1) is 22.7 Å².